The zero-order valence-corrected chi connectivity index (χ0v) is 20.4. The molecule has 178 valence electrons. The molecule has 0 spiro atoms. The number of halogens is 1. The zero-order chi connectivity index (χ0) is 23.3. The molecule has 0 aromatic heterocycles. The molecular weight excluding hydrogens is 410 g/mol. The number of Topliss-reactive ketones (excluding diaryl/α,β-unsaturated/α-hetero) is 1. The van der Waals surface area contributed by atoms with E-state index in [9.17, 15) is 9.59 Å². The summed E-state index contributed by atoms with van der Waals surface area (Å²) in [6, 6.07) is 8.54. The summed E-state index contributed by atoms with van der Waals surface area (Å²) in [4.78, 5) is 21.6. The van der Waals surface area contributed by atoms with Crippen LogP contribution in [0.3, 0.4) is 0 Å². The van der Waals surface area contributed by atoms with Crippen molar-refractivity contribution in [2.24, 2.45) is 11.7 Å². The maximum absolute atomic E-state index is 11.2. The smallest absolute Gasteiger partial charge is 0.320 e. The first-order valence-corrected chi connectivity index (χ1v) is 12.5. The van der Waals surface area contributed by atoms with E-state index in [0.29, 0.717) is 12.3 Å². The van der Waals surface area contributed by atoms with Crippen LogP contribution in [0.4, 0.5) is 0 Å². The molecule has 31 heavy (non-hydrogen) atoms. The third kappa shape index (κ3) is 17.9. The van der Waals surface area contributed by atoms with Gasteiger partial charge in [0.1, 0.15) is 11.8 Å². The number of carboxylic acid groups (broad SMARTS) is 1. The van der Waals surface area contributed by atoms with Gasteiger partial charge in [-0.05, 0) is 25.3 Å². The second-order valence-corrected chi connectivity index (χ2v) is 8.73. The Hall–Kier alpha value is -1.39. The molecule has 1 aromatic rings. The fraction of sp³-hybridized carbons (Fsp3) is 0.692. The summed E-state index contributed by atoms with van der Waals surface area (Å²) in [5.41, 5.74) is 6.30. The van der Waals surface area contributed by atoms with Crippen LogP contribution >= 0.6 is 11.6 Å². The number of aliphatic carboxylic acids is 1. The van der Waals surface area contributed by atoms with Crippen molar-refractivity contribution in [1.29, 1.82) is 0 Å². The topological polar surface area (TPSA) is 80.4 Å². The Kier molecular flexibility index (Phi) is 19.6. The summed E-state index contributed by atoms with van der Waals surface area (Å²) >= 11 is 5.78. The van der Waals surface area contributed by atoms with E-state index in [1.54, 1.807) is 6.92 Å². The number of ketones is 1. The molecule has 1 unspecified atom stereocenters. The normalized spacial score (nSPS) is 12.5. The highest BCUT2D eigenvalue weighted by Gasteiger charge is 2.12. The molecule has 4 nitrogen and oxygen atoms in total. The SMILES string of the molecule is CCCCCCCCCCCCCC(CCl)C(C)=O.N[C@@H](Cc1ccccc1)C(=O)O. The van der Waals surface area contributed by atoms with Gasteiger partial charge in [-0.2, -0.15) is 0 Å². The molecular formula is C26H44ClNO3. The predicted octanol–water partition coefficient (Wildman–Crippen LogP) is 6.77. The number of hydrogen-bond donors (Lipinski definition) is 2. The molecule has 2 atom stereocenters. The summed E-state index contributed by atoms with van der Waals surface area (Å²) in [6.45, 7) is 3.92. The van der Waals surface area contributed by atoms with Crippen molar-refractivity contribution < 1.29 is 14.7 Å². The molecule has 0 fully saturated rings. The van der Waals surface area contributed by atoms with Crippen molar-refractivity contribution in [2.75, 3.05) is 5.88 Å². The number of unbranched alkanes of at least 4 members (excludes halogenated alkanes) is 10. The Morgan fingerprint density at radius 3 is 1.81 bits per heavy atom. The summed E-state index contributed by atoms with van der Waals surface area (Å²) in [5, 5.41) is 8.52. The van der Waals surface area contributed by atoms with Crippen LogP contribution in [-0.2, 0) is 16.0 Å². The summed E-state index contributed by atoms with van der Waals surface area (Å²) < 4.78 is 0. The van der Waals surface area contributed by atoms with Crippen LogP contribution in [0.2, 0.25) is 0 Å². The average molecular weight is 454 g/mol. The Morgan fingerprint density at radius 1 is 0.903 bits per heavy atom. The van der Waals surface area contributed by atoms with E-state index >= 15 is 0 Å². The Balaban J connectivity index is 0.000000639. The van der Waals surface area contributed by atoms with Crippen molar-refractivity contribution >= 4 is 23.4 Å². The Bertz CT molecular complexity index is 565. The van der Waals surface area contributed by atoms with Crippen LogP contribution in [0.15, 0.2) is 30.3 Å². The molecule has 0 aliphatic rings. The molecule has 0 aliphatic carbocycles. The second kappa shape index (κ2) is 20.5. The number of rotatable bonds is 17. The van der Waals surface area contributed by atoms with Crippen molar-refractivity contribution in [1.82, 2.24) is 0 Å². The van der Waals surface area contributed by atoms with E-state index in [-0.39, 0.29) is 11.7 Å². The molecule has 0 radical (unpaired) electrons. The van der Waals surface area contributed by atoms with Gasteiger partial charge in [-0.15, -0.1) is 11.6 Å². The van der Waals surface area contributed by atoms with Gasteiger partial charge in [0.15, 0.2) is 0 Å². The first kappa shape index (κ1) is 29.6. The van der Waals surface area contributed by atoms with Crippen molar-refractivity contribution in [3.8, 4) is 0 Å². The molecule has 0 bridgehead atoms. The van der Waals surface area contributed by atoms with Crippen molar-refractivity contribution in [2.45, 2.75) is 103 Å². The van der Waals surface area contributed by atoms with Crippen LogP contribution in [0.1, 0.15) is 96.5 Å². The molecule has 0 amide bonds. The van der Waals surface area contributed by atoms with Gasteiger partial charge < -0.3 is 10.8 Å². The van der Waals surface area contributed by atoms with E-state index < -0.39 is 12.0 Å². The van der Waals surface area contributed by atoms with E-state index in [4.69, 9.17) is 22.4 Å². The molecule has 0 aliphatic heterocycles. The quantitative estimate of drug-likeness (QED) is 0.201. The lowest BCUT2D eigenvalue weighted by molar-refractivity contribution is -0.138. The maximum Gasteiger partial charge on any atom is 0.320 e. The average Bonchev–Trinajstić information content (AvgIpc) is 2.75. The van der Waals surface area contributed by atoms with Crippen molar-refractivity contribution in [3.63, 3.8) is 0 Å². The third-order valence-electron chi connectivity index (χ3n) is 5.53. The minimum Gasteiger partial charge on any atom is -0.480 e. The highest BCUT2D eigenvalue weighted by molar-refractivity contribution is 6.19. The molecule has 5 heteroatoms. The number of hydrogen-bond acceptors (Lipinski definition) is 3. The number of carbonyl (C=O) groups excluding carboxylic acids is 1. The van der Waals surface area contributed by atoms with Gasteiger partial charge in [-0.1, -0.05) is 108 Å². The minimum atomic E-state index is -0.959. The molecule has 3 N–H and O–H groups in total. The Morgan fingerprint density at radius 2 is 1.39 bits per heavy atom. The predicted molar refractivity (Wildman–Crippen MR) is 132 cm³/mol. The summed E-state index contributed by atoms with van der Waals surface area (Å²) in [6.07, 6.45) is 16.3. The van der Waals surface area contributed by atoms with Crippen LogP contribution in [0.25, 0.3) is 0 Å². The van der Waals surface area contributed by atoms with Crippen LogP contribution in [0, 0.1) is 5.92 Å². The number of carboxylic acids is 1. The van der Waals surface area contributed by atoms with E-state index in [1.807, 2.05) is 30.3 Å². The van der Waals surface area contributed by atoms with Gasteiger partial charge in [0, 0.05) is 11.8 Å². The van der Waals surface area contributed by atoms with Crippen LogP contribution < -0.4 is 5.73 Å². The molecule has 0 saturated carbocycles. The first-order chi connectivity index (χ1) is 14.9. The molecule has 0 saturated heterocycles. The van der Waals surface area contributed by atoms with Gasteiger partial charge in [-0.25, -0.2) is 0 Å². The monoisotopic (exact) mass is 453 g/mol. The molecule has 1 aromatic carbocycles. The lowest BCUT2D eigenvalue weighted by Gasteiger charge is -2.09. The largest absolute Gasteiger partial charge is 0.480 e. The number of nitrogens with two attached hydrogens (primary N) is 1. The maximum atomic E-state index is 11.2. The zero-order valence-electron chi connectivity index (χ0n) is 19.7. The third-order valence-corrected chi connectivity index (χ3v) is 5.91. The van der Waals surface area contributed by atoms with Gasteiger partial charge >= 0.3 is 5.97 Å². The fourth-order valence-electron chi connectivity index (χ4n) is 3.40. The van der Waals surface area contributed by atoms with Gasteiger partial charge in [-0.3, -0.25) is 9.59 Å². The fourth-order valence-corrected chi connectivity index (χ4v) is 3.77. The van der Waals surface area contributed by atoms with Gasteiger partial charge in [0.05, 0.1) is 0 Å². The lowest BCUT2D eigenvalue weighted by atomic mass is 9.98. The van der Waals surface area contributed by atoms with E-state index in [1.165, 1.54) is 64.2 Å². The second-order valence-electron chi connectivity index (χ2n) is 8.42. The first-order valence-electron chi connectivity index (χ1n) is 12.0. The lowest BCUT2D eigenvalue weighted by Crippen LogP contribution is -2.32. The van der Waals surface area contributed by atoms with Crippen LogP contribution in [0.5, 0.6) is 0 Å². The van der Waals surface area contributed by atoms with E-state index in [0.717, 1.165) is 18.4 Å². The Labute approximate surface area is 194 Å². The molecule has 1 rings (SSSR count). The number of carbonyl (C=O) groups is 2. The highest BCUT2D eigenvalue weighted by atomic mass is 35.5. The van der Waals surface area contributed by atoms with E-state index in [2.05, 4.69) is 6.92 Å². The van der Waals surface area contributed by atoms with Crippen LogP contribution in [-0.4, -0.2) is 28.8 Å². The number of alkyl halides is 1. The standard InChI is InChI=1S/C17H33ClO.C9H11NO2/c1-3-4-5-6-7-8-9-10-11-12-13-14-17(15-18)16(2)19;10-8(9(11)12)6-7-4-2-1-3-5-7/h17H,3-15H2,1-2H3;1-5,8H,6,10H2,(H,11,12)/t;8-/m.0/s1. The summed E-state index contributed by atoms with van der Waals surface area (Å²) in [5.74, 6) is -0.117. The molecule has 0 heterocycles. The van der Waals surface area contributed by atoms with Gasteiger partial charge in [0.25, 0.3) is 0 Å². The van der Waals surface area contributed by atoms with Crippen molar-refractivity contribution in [3.05, 3.63) is 35.9 Å². The highest BCUT2D eigenvalue weighted by Crippen LogP contribution is 2.15. The minimum absolute atomic E-state index is 0.0974. The summed E-state index contributed by atoms with van der Waals surface area (Å²) in [7, 11) is 0. The van der Waals surface area contributed by atoms with Gasteiger partial charge in [0.2, 0.25) is 0 Å². The number of benzene rings is 1.